The van der Waals surface area contributed by atoms with Gasteiger partial charge in [0, 0.05) is 11.4 Å². The number of aromatic nitrogens is 1. The zero-order chi connectivity index (χ0) is 18.9. The van der Waals surface area contributed by atoms with Crippen molar-refractivity contribution in [3.8, 4) is 5.69 Å². The summed E-state index contributed by atoms with van der Waals surface area (Å²) in [6.07, 6.45) is -4.54. The highest BCUT2D eigenvalue weighted by Gasteiger charge is 2.33. The van der Waals surface area contributed by atoms with Crippen molar-refractivity contribution in [1.29, 1.82) is 0 Å². The van der Waals surface area contributed by atoms with Crippen LogP contribution < -0.4 is 5.32 Å². The Balaban J connectivity index is 2.01. The molecule has 0 spiro atoms. The summed E-state index contributed by atoms with van der Waals surface area (Å²) in [4.78, 5) is 12.7. The van der Waals surface area contributed by atoms with Crippen LogP contribution in [0.4, 0.5) is 18.9 Å². The van der Waals surface area contributed by atoms with E-state index in [1.54, 1.807) is 24.3 Å². The van der Waals surface area contributed by atoms with Crippen LogP contribution in [0, 0.1) is 13.8 Å². The van der Waals surface area contributed by atoms with E-state index in [1.807, 2.05) is 30.5 Å². The van der Waals surface area contributed by atoms with E-state index in [2.05, 4.69) is 5.32 Å². The second kappa shape index (κ2) is 6.71. The summed E-state index contributed by atoms with van der Waals surface area (Å²) >= 11 is 0. The van der Waals surface area contributed by atoms with Gasteiger partial charge in [-0.2, -0.15) is 13.2 Å². The Morgan fingerprint density at radius 3 is 2.12 bits per heavy atom. The smallest absolute Gasteiger partial charge is 0.321 e. The van der Waals surface area contributed by atoms with Crippen molar-refractivity contribution >= 4 is 11.6 Å². The summed E-state index contributed by atoms with van der Waals surface area (Å²) in [7, 11) is 0. The van der Waals surface area contributed by atoms with Gasteiger partial charge >= 0.3 is 6.18 Å². The zero-order valence-electron chi connectivity index (χ0n) is 14.3. The summed E-state index contributed by atoms with van der Waals surface area (Å²) in [5, 5.41) is 2.40. The van der Waals surface area contributed by atoms with Crippen LogP contribution in [0.3, 0.4) is 0 Å². The summed E-state index contributed by atoms with van der Waals surface area (Å²) in [5.41, 5.74) is 1.64. The van der Waals surface area contributed by atoms with Crippen molar-refractivity contribution in [1.82, 2.24) is 4.57 Å². The van der Waals surface area contributed by atoms with Crippen molar-refractivity contribution in [2.24, 2.45) is 0 Å². The number of nitrogens with zero attached hydrogens (tertiary/aromatic N) is 1. The number of halogens is 3. The Kier molecular flexibility index (Phi) is 4.59. The van der Waals surface area contributed by atoms with Gasteiger partial charge < -0.3 is 9.88 Å². The predicted octanol–water partition coefficient (Wildman–Crippen LogP) is 5.37. The van der Waals surface area contributed by atoms with Crippen molar-refractivity contribution in [2.45, 2.75) is 20.0 Å². The number of rotatable bonds is 3. The number of carbonyl (C=O) groups excluding carboxylic acids is 1. The third kappa shape index (κ3) is 3.35. The first-order valence-corrected chi connectivity index (χ1v) is 8.01. The first-order chi connectivity index (χ1) is 12.3. The number of hydrogen-bond acceptors (Lipinski definition) is 1. The average molecular weight is 358 g/mol. The molecule has 1 amide bonds. The number of anilines is 1. The second-order valence-electron chi connectivity index (χ2n) is 5.97. The quantitative estimate of drug-likeness (QED) is 0.671. The summed E-state index contributed by atoms with van der Waals surface area (Å²) in [6, 6.07) is 15.6. The Labute approximate surface area is 149 Å². The molecule has 0 atom stereocenters. The minimum atomic E-state index is -4.54. The standard InChI is InChI=1S/C20H17F3N2O/c1-13-11-12-14(2)25(13)18-10-6-3-7-15(18)19(26)24-17-9-5-4-8-16(17)20(21,22)23/h3-12H,1-2H3,(H,24,26). The minimum Gasteiger partial charge on any atom is -0.321 e. The molecule has 0 aliphatic rings. The van der Waals surface area contributed by atoms with Gasteiger partial charge in [0.25, 0.3) is 5.91 Å². The maximum absolute atomic E-state index is 13.2. The van der Waals surface area contributed by atoms with Gasteiger partial charge in [0.2, 0.25) is 0 Å². The number of hydrogen-bond donors (Lipinski definition) is 1. The van der Waals surface area contributed by atoms with E-state index >= 15 is 0 Å². The molecule has 0 radical (unpaired) electrons. The van der Waals surface area contributed by atoms with Gasteiger partial charge in [0.15, 0.2) is 0 Å². The fourth-order valence-electron chi connectivity index (χ4n) is 2.94. The van der Waals surface area contributed by atoms with Crippen LogP contribution in [0.15, 0.2) is 60.7 Å². The Morgan fingerprint density at radius 2 is 1.46 bits per heavy atom. The molecule has 134 valence electrons. The molecule has 0 aliphatic carbocycles. The summed E-state index contributed by atoms with van der Waals surface area (Å²) in [5.74, 6) is -0.593. The molecule has 26 heavy (non-hydrogen) atoms. The molecule has 0 saturated carbocycles. The lowest BCUT2D eigenvalue weighted by Crippen LogP contribution is -2.18. The van der Waals surface area contributed by atoms with Crippen LogP contribution in [-0.4, -0.2) is 10.5 Å². The molecule has 3 nitrogen and oxygen atoms in total. The molecule has 0 fully saturated rings. The van der Waals surface area contributed by atoms with Crippen molar-refractivity contribution < 1.29 is 18.0 Å². The normalized spacial score (nSPS) is 11.4. The SMILES string of the molecule is Cc1ccc(C)n1-c1ccccc1C(=O)Nc1ccccc1C(F)(F)F. The van der Waals surface area contributed by atoms with Crippen molar-refractivity contribution in [3.63, 3.8) is 0 Å². The van der Waals surface area contributed by atoms with E-state index in [0.717, 1.165) is 17.5 Å². The predicted molar refractivity (Wildman–Crippen MR) is 94.6 cm³/mol. The number of aryl methyl sites for hydroxylation is 2. The molecule has 2 aromatic carbocycles. The van der Waals surface area contributed by atoms with Crippen LogP contribution in [0.1, 0.15) is 27.3 Å². The molecule has 0 bridgehead atoms. The number of benzene rings is 2. The lowest BCUT2D eigenvalue weighted by Gasteiger charge is -2.16. The topological polar surface area (TPSA) is 34.0 Å². The van der Waals surface area contributed by atoms with E-state index in [1.165, 1.54) is 18.2 Å². The molecule has 3 rings (SSSR count). The molecule has 6 heteroatoms. The van der Waals surface area contributed by atoms with E-state index < -0.39 is 17.6 Å². The molecular formula is C20H17F3N2O. The second-order valence-corrected chi connectivity index (χ2v) is 5.97. The molecule has 1 heterocycles. The maximum Gasteiger partial charge on any atom is 0.418 e. The van der Waals surface area contributed by atoms with Crippen LogP contribution >= 0.6 is 0 Å². The molecule has 0 unspecified atom stereocenters. The van der Waals surface area contributed by atoms with Gasteiger partial charge in [-0.1, -0.05) is 24.3 Å². The molecule has 3 aromatic rings. The largest absolute Gasteiger partial charge is 0.418 e. The van der Waals surface area contributed by atoms with Crippen molar-refractivity contribution in [3.05, 3.63) is 83.2 Å². The number of para-hydroxylation sites is 2. The van der Waals surface area contributed by atoms with Gasteiger partial charge in [-0.15, -0.1) is 0 Å². The van der Waals surface area contributed by atoms with E-state index in [-0.39, 0.29) is 5.69 Å². The number of amides is 1. The van der Waals surface area contributed by atoms with E-state index in [4.69, 9.17) is 0 Å². The molecule has 0 saturated heterocycles. The lowest BCUT2D eigenvalue weighted by molar-refractivity contribution is -0.136. The van der Waals surface area contributed by atoms with Crippen LogP contribution in [0.5, 0.6) is 0 Å². The first kappa shape index (κ1) is 17.8. The van der Waals surface area contributed by atoms with Gasteiger partial charge in [0.05, 0.1) is 22.5 Å². The fraction of sp³-hybridized carbons (Fsp3) is 0.150. The Bertz CT molecular complexity index is 938. The highest BCUT2D eigenvalue weighted by atomic mass is 19.4. The van der Waals surface area contributed by atoms with Gasteiger partial charge in [0.1, 0.15) is 0 Å². The van der Waals surface area contributed by atoms with Crippen LogP contribution in [0.2, 0.25) is 0 Å². The van der Waals surface area contributed by atoms with Gasteiger partial charge in [-0.25, -0.2) is 0 Å². The van der Waals surface area contributed by atoms with Gasteiger partial charge in [-0.3, -0.25) is 4.79 Å². The number of alkyl halides is 3. The van der Waals surface area contributed by atoms with Crippen LogP contribution in [0.25, 0.3) is 5.69 Å². The third-order valence-corrected chi connectivity index (χ3v) is 4.14. The fourth-order valence-corrected chi connectivity index (χ4v) is 2.94. The highest BCUT2D eigenvalue weighted by Crippen LogP contribution is 2.35. The van der Waals surface area contributed by atoms with E-state index in [9.17, 15) is 18.0 Å². The van der Waals surface area contributed by atoms with Crippen molar-refractivity contribution in [2.75, 3.05) is 5.32 Å². The summed E-state index contributed by atoms with van der Waals surface area (Å²) < 4.78 is 41.4. The monoisotopic (exact) mass is 358 g/mol. The minimum absolute atomic E-state index is 0.263. The Hall–Kier alpha value is -3.02. The van der Waals surface area contributed by atoms with Gasteiger partial charge in [-0.05, 0) is 50.2 Å². The molecule has 1 aromatic heterocycles. The maximum atomic E-state index is 13.2. The van der Waals surface area contributed by atoms with Crippen LogP contribution in [-0.2, 0) is 6.18 Å². The first-order valence-electron chi connectivity index (χ1n) is 8.01. The number of carbonyl (C=O) groups is 1. The third-order valence-electron chi connectivity index (χ3n) is 4.14. The average Bonchev–Trinajstić information content (AvgIpc) is 2.93. The Morgan fingerprint density at radius 1 is 0.885 bits per heavy atom. The summed E-state index contributed by atoms with van der Waals surface area (Å²) in [6.45, 7) is 3.81. The zero-order valence-corrected chi connectivity index (χ0v) is 14.3. The molecular weight excluding hydrogens is 341 g/mol. The number of nitrogens with one attached hydrogen (secondary N) is 1. The lowest BCUT2D eigenvalue weighted by atomic mass is 10.1. The molecule has 0 aliphatic heterocycles. The highest BCUT2D eigenvalue weighted by molar-refractivity contribution is 6.07. The molecule has 1 N–H and O–H groups in total. The van der Waals surface area contributed by atoms with E-state index in [0.29, 0.717) is 11.3 Å².